The summed E-state index contributed by atoms with van der Waals surface area (Å²) in [6.45, 7) is 9.93. The van der Waals surface area contributed by atoms with Crippen LogP contribution < -0.4 is 10.6 Å². The van der Waals surface area contributed by atoms with Crippen LogP contribution in [0.15, 0.2) is 12.2 Å². The molecule has 0 aliphatic rings. The van der Waals surface area contributed by atoms with E-state index in [9.17, 15) is 9.59 Å². The van der Waals surface area contributed by atoms with Crippen LogP contribution in [0.25, 0.3) is 0 Å². The van der Waals surface area contributed by atoms with E-state index >= 15 is 0 Å². The molecule has 6 nitrogen and oxygen atoms in total. The highest BCUT2D eigenvalue weighted by Gasteiger charge is 2.27. The molecule has 0 unspecified atom stereocenters. The van der Waals surface area contributed by atoms with Gasteiger partial charge in [0.05, 0.1) is 18.6 Å². The predicted molar refractivity (Wildman–Crippen MR) is 68.5 cm³/mol. The number of hydrogen-bond acceptors (Lipinski definition) is 3. The van der Waals surface area contributed by atoms with Crippen LogP contribution >= 0.6 is 0 Å². The number of carboxylic acid groups (broad SMARTS) is 1. The van der Waals surface area contributed by atoms with E-state index in [0.717, 1.165) is 5.57 Å². The Hall–Kier alpha value is -1.56. The Kier molecular flexibility index (Phi) is 7.04. The lowest BCUT2D eigenvalue weighted by Crippen LogP contribution is -2.44. The van der Waals surface area contributed by atoms with E-state index in [1.165, 1.54) is 0 Å². The minimum Gasteiger partial charge on any atom is -0.481 e. The minimum atomic E-state index is -0.978. The zero-order valence-electron chi connectivity index (χ0n) is 11.2. The first kappa shape index (κ1) is 16.4. The second-order valence-electron chi connectivity index (χ2n) is 4.81. The van der Waals surface area contributed by atoms with Crippen molar-refractivity contribution in [3.05, 3.63) is 12.2 Å². The van der Waals surface area contributed by atoms with E-state index in [4.69, 9.17) is 9.84 Å². The lowest BCUT2D eigenvalue weighted by molar-refractivity contribution is -0.146. The van der Waals surface area contributed by atoms with Crippen LogP contribution in [0.1, 0.15) is 20.8 Å². The third kappa shape index (κ3) is 7.67. The van der Waals surface area contributed by atoms with Gasteiger partial charge in [-0.1, -0.05) is 12.2 Å². The van der Waals surface area contributed by atoms with Crippen LogP contribution in [0, 0.1) is 5.41 Å². The van der Waals surface area contributed by atoms with E-state index in [2.05, 4.69) is 17.2 Å². The van der Waals surface area contributed by atoms with Gasteiger partial charge in [-0.25, -0.2) is 4.79 Å². The van der Waals surface area contributed by atoms with Crippen molar-refractivity contribution in [3.8, 4) is 0 Å². The van der Waals surface area contributed by atoms with Crippen molar-refractivity contribution in [1.29, 1.82) is 0 Å². The summed E-state index contributed by atoms with van der Waals surface area (Å²) in [4.78, 5) is 22.1. The molecule has 0 spiro atoms. The lowest BCUT2D eigenvalue weighted by atomic mass is 9.94. The Morgan fingerprint density at radius 2 is 1.94 bits per heavy atom. The molecule has 2 amide bonds. The topological polar surface area (TPSA) is 87.7 Å². The number of hydrogen-bond donors (Lipinski definition) is 3. The van der Waals surface area contributed by atoms with E-state index in [1.54, 1.807) is 13.8 Å². The zero-order valence-corrected chi connectivity index (χ0v) is 11.2. The third-order valence-corrected chi connectivity index (χ3v) is 2.15. The van der Waals surface area contributed by atoms with E-state index in [-0.39, 0.29) is 6.54 Å². The van der Waals surface area contributed by atoms with Gasteiger partial charge in [0.2, 0.25) is 0 Å². The Bertz CT molecular complexity index is 313. The molecule has 3 N–H and O–H groups in total. The van der Waals surface area contributed by atoms with Gasteiger partial charge in [0.15, 0.2) is 0 Å². The normalized spacial score (nSPS) is 10.8. The molecule has 0 fully saturated rings. The van der Waals surface area contributed by atoms with Crippen LogP contribution in [0.4, 0.5) is 4.79 Å². The minimum absolute atomic E-state index is 0.0702. The van der Waals surface area contributed by atoms with E-state index in [0.29, 0.717) is 19.8 Å². The highest BCUT2D eigenvalue weighted by molar-refractivity contribution is 5.77. The van der Waals surface area contributed by atoms with Gasteiger partial charge in [0.1, 0.15) is 0 Å². The van der Waals surface area contributed by atoms with Crippen molar-refractivity contribution in [2.45, 2.75) is 20.8 Å². The first-order chi connectivity index (χ1) is 8.25. The Morgan fingerprint density at radius 1 is 1.33 bits per heavy atom. The number of carbonyl (C=O) groups is 2. The molecule has 0 aliphatic heterocycles. The Morgan fingerprint density at radius 3 is 2.44 bits per heavy atom. The van der Waals surface area contributed by atoms with E-state index < -0.39 is 17.4 Å². The number of ether oxygens (including phenoxy) is 1. The molecule has 0 rings (SSSR count). The molecule has 104 valence electrons. The summed E-state index contributed by atoms with van der Waals surface area (Å²) in [5, 5.41) is 13.9. The van der Waals surface area contributed by atoms with Crippen LogP contribution in [-0.4, -0.2) is 43.4 Å². The van der Waals surface area contributed by atoms with Crippen LogP contribution in [0.5, 0.6) is 0 Å². The average molecular weight is 258 g/mol. The summed E-state index contributed by atoms with van der Waals surface area (Å²) in [6.07, 6.45) is 0. The van der Waals surface area contributed by atoms with Gasteiger partial charge in [-0.2, -0.15) is 0 Å². The number of aliphatic carboxylic acids is 1. The van der Waals surface area contributed by atoms with Gasteiger partial charge < -0.3 is 20.5 Å². The molecule has 0 radical (unpaired) electrons. The SMILES string of the molecule is C=C(C)COCCNC(=O)NCC(C)(C)C(=O)O. The predicted octanol–water partition coefficient (Wildman–Crippen LogP) is 0.989. The largest absolute Gasteiger partial charge is 0.481 e. The fourth-order valence-electron chi connectivity index (χ4n) is 0.922. The van der Waals surface area contributed by atoms with Crippen molar-refractivity contribution >= 4 is 12.0 Å². The second kappa shape index (κ2) is 7.71. The molecule has 0 bridgehead atoms. The second-order valence-corrected chi connectivity index (χ2v) is 4.81. The van der Waals surface area contributed by atoms with Gasteiger partial charge in [-0.05, 0) is 20.8 Å². The van der Waals surface area contributed by atoms with Crippen molar-refractivity contribution < 1.29 is 19.4 Å². The summed E-state index contributed by atoms with van der Waals surface area (Å²) in [7, 11) is 0. The third-order valence-electron chi connectivity index (χ3n) is 2.15. The van der Waals surface area contributed by atoms with E-state index in [1.807, 2.05) is 6.92 Å². The highest BCUT2D eigenvalue weighted by atomic mass is 16.5. The van der Waals surface area contributed by atoms with Crippen molar-refractivity contribution in [3.63, 3.8) is 0 Å². The fourth-order valence-corrected chi connectivity index (χ4v) is 0.922. The number of carboxylic acids is 1. The zero-order chi connectivity index (χ0) is 14.2. The van der Waals surface area contributed by atoms with Gasteiger partial charge in [0, 0.05) is 13.1 Å². The van der Waals surface area contributed by atoms with Gasteiger partial charge >= 0.3 is 12.0 Å². The van der Waals surface area contributed by atoms with Gasteiger partial charge in [-0.15, -0.1) is 0 Å². The standard InChI is InChI=1S/C12H22N2O4/c1-9(2)7-18-6-5-13-11(17)14-8-12(3,4)10(15)16/h1,5-8H2,2-4H3,(H,15,16)(H2,13,14,17). The summed E-state index contributed by atoms with van der Waals surface area (Å²) >= 11 is 0. The molecule has 0 atom stereocenters. The van der Waals surface area contributed by atoms with Crippen LogP contribution in [0.2, 0.25) is 0 Å². The number of carbonyl (C=O) groups excluding carboxylic acids is 1. The average Bonchev–Trinajstić information content (AvgIpc) is 2.25. The van der Waals surface area contributed by atoms with Crippen LogP contribution in [-0.2, 0) is 9.53 Å². The maximum Gasteiger partial charge on any atom is 0.314 e. The number of nitrogens with one attached hydrogen (secondary N) is 2. The molecule has 0 heterocycles. The maximum absolute atomic E-state index is 11.3. The molecule has 0 aliphatic carbocycles. The summed E-state index contributed by atoms with van der Waals surface area (Å²) in [6, 6.07) is -0.400. The first-order valence-corrected chi connectivity index (χ1v) is 5.73. The van der Waals surface area contributed by atoms with Crippen molar-refractivity contribution in [2.75, 3.05) is 26.3 Å². The monoisotopic (exact) mass is 258 g/mol. The van der Waals surface area contributed by atoms with Gasteiger partial charge in [-0.3, -0.25) is 4.79 Å². The molecule has 0 saturated heterocycles. The summed E-state index contributed by atoms with van der Waals surface area (Å²) in [5.74, 6) is -0.951. The first-order valence-electron chi connectivity index (χ1n) is 5.73. The quantitative estimate of drug-likeness (QED) is 0.447. The summed E-state index contributed by atoms with van der Waals surface area (Å²) in [5.41, 5.74) is -0.0593. The molecular weight excluding hydrogens is 236 g/mol. The Balaban J connectivity index is 3.67. The maximum atomic E-state index is 11.3. The molecule has 18 heavy (non-hydrogen) atoms. The molecule has 0 saturated carbocycles. The fraction of sp³-hybridized carbons (Fsp3) is 0.667. The highest BCUT2D eigenvalue weighted by Crippen LogP contribution is 2.12. The Labute approximate surface area is 107 Å². The van der Waals surface area contributed by atoms with Gasteiger partial charge in [0.25, 0.3) is 0 Å². The molecule has 0 aromatic carbocycles. The number of urea groups is 1. The van der Waals surface area contributed by atoms with Crippen molar-refractivity contribution in [1.82, 2.24) is 10.6 Å². The van der Waals surface area contributed by atoms with Crippen molar-refractivity contribution in [2.24, 2.45) is 5.41 Å². The smallest absolute Gasteiger partial charge is 0.314 e. The molecule has 6 heteroatoms. The molecule has 0 aromatic heterocycles. The number of rotatable bonds is 8. The summed E-state index contributed by atoms with van der Waals surface area (Å²) < 4.78 is 5.19. The molecule has 0 aromatic rings. The number of amides is 2. The van der Waals surface area contributed by atoms with Crippen LogP contribution in [0.3, 0.4) is 0 Å². The molecular formula is C12H22N2O4. The lowest BCUT2D eigenvalue weighted by Gasteiger charge is -2.19.